The maximum atomic E-state index is 13.0. The zero-order valence-corrected chi connectivity index (χ0v) is 22.4. The number of carbonyl (C=O) groups excluding carboxylic acids is 1. The third kappa shape index (κ3) is 5.41. The van der Waals surface area contributed by atoms with Gasteiger partial charge in [-0.2, -0.15) is 5.21 Å². The van der Waals surface area contributed by atoms with Gasteiger partial charge in [0.05, 0.1) is 25.5 Å². The average Bonchev–Trinajstić information content (AvgIpc) is 3.65. The SMILES string of the molecule is CCCCc1ncc(C(=O)NC2COC2)n1Cc1ccc(-c2cc(-c3ccccc3)ccc2-c2nn[nH]n2)cc1. The molecule has 0 unspecified atom stereocenters. The van der Waals surface area contributed by atoms with Crippen molar-refractivity contribution in [2.24, 2.45) is 0 Å². The summed E-state index contributed by atoms with van der Waals surface area (Å²) in [6.07, 6.45) is 4.60. The van der Waals surface area contributed by atoms with Crippen LogP contribution < -0.4 is 5.32 Å². The lowest BCUT2D eigenvalue weighted by Crippen LogP contribution is -2.49. The molecule has 1 aliphatic heterocycles. The second-order valence-corrected chi connectivity index (χ2v) is 10.0. The van der Waals surface area contributed by atoms with E-state index in [0.29, 0.717) is 31.3 Å². The van der Waals surface area contributed by atoms with Crippen LogP contribution in [0.3, 0.4) is 0 Å². The number of unbranched alkanes of at least 4 members (excludes halogenated alkanes) is 1. The van der Waals surface area contributed by atoms with Crippen molar-refractivity contribution in [1.29, 1.82) is 0 Å². The smallest absolute Gasteiger partial charge is 0.269 e. The molecular weight excluding hydrogens is 502 g/mol. The Kier molecular flexibility index (Phi) is 7.45. The molecule has 1 aliphatic rings. The van der Waals surface area contributed by atoms with Gasteiger partial charge in [-0.05, 0) is 51.6 Å². The molecule has 1 fully saturated rings. The molecule has 3 heterocycles. The van der Waals surface area contributed by atoms with Gasteiger partial charge in [-0.1, -0.05) is 74.0 Å². The molecule has 0 atom stereocenters. The van der Waals surface area contributed by atoms with Crippen LogP contribution in [0.2, 0.25) is 0 Å². The molecule has 0 radical (unpaired) electrons. The van der Waals surface area contributed by atoms with E-state index in [2.05, 4.69) is 86.4 Å². The van der Waals surface area contributed by atoms with Gasteiger partial charge in [0, 0.05) is 18.5 Å². The highest BCUT2D eigenvalue weighted by molar-refractivity contribution is 5.93. The summed E-state index contributed by atoms with van der Waals surface area (Å²) in [6, 6.07) is 25.1. The van der Waals surface area contributed by atoms with Crippen LogP contribution in [0.5, 0.6) is 0 Å². The van der Waals surface area contributed by atoms with E-state index < -0.39 is 0 Å². The maximum Gasteiger partial charge on any atom is 0.269 e. The van der Waals surface area contributed by atoms with E-state index in [9.17, 15) is 4.79 Å². The molecular formula is C31H31N7O2. The predicted molar refractivity (Wildman–Crippen MR) is 152 cm³/mol. The van der Waals surface area contributed by atoms with Crippen molar-refractivity contribution in [2.75, 3.05) is 13.2 Å². The Bertz CT molecular complexity index is 1570. The molecule has 9 heteroatoms. The quantitative estimate of drug-likeness (QED) is 0.264. The molecule has 0 saturated carbocycles. The summed E-state index contributed by atoms with van der Waals surface area (Å²) in [6.45, 7) is 3.83. The number of nitrogens with one attached hydrogen (secondary N) is 2. The minimum Gasteiger partial charge on any atom is -0.377 e. The Morgan fingerprint density at radius 1 is 1.00 bits per heavy atom. The third-order valence-corrected chi connectivity index (χ3v) is 7.22. The molecule has 202 valence electrons. The van der Waals surface area contributed by atoms with Crippen molar-refractivity contribution in [3.8, 4) is 33.6 Å². The molecule has 1 saturated heterocycles. The first-order valence-corrected chi connectivity index (χ1v) is 13.6. The van der Waals surface area contributed by atoms with Gasteiger partial charge in [0.1, 0.15) is 11.5 Å². The van der Waals surface area contributed by atoms with Crippen molar-refractivity contribution >= 4 is 5.91 Å². The number of carbonyl (C=O) groups is 1. The van der Waals surface area contributed by atoms with Crippen LogP contribution in [0.15, 0.2) is 79.0 Å². The normalized spacial score (nSPS) is 13.2. The molecule has 6 rings (SSSR count). The summed E-state index contributed by atoms with van der Waals surface area (Å²) in [5.74, 6) is 1.36. The van der Waals surface area contributed by atoms with E-state index in [0.717, 1.165) is 58.5 Å². The van der Waals surface area contributed by atoms with Gasteiger partial charge >= 0.3 is 0 Å². The largest absolute Gasteiger partial charge is 0.377 e. The van der Waals surface area contributed by atoms with Gasteiger partial charge in [0.15, 0.2) is 0 Å². The molecule has 40 heavy (non-hydrogen) atoms. The number of aromatic amines is 1. The highest BCUT2D eigenvalue weighted by atomic mass is 16.5. The van der Waals surface area contributed by atoms with Crippen LogP contribution in [0, 0.1) is 0 Å². The van der Waals surface area contributed by atoms with Gasteiger partial charge in [-0.25, -0.2) is 4.98 Å². The average molecular weight is 534 g/mol. The van der Waals surface area contributed by atoms with Crippen molar-refractivity contribution in [1.82, 2.24) is 35.5 Å². The van der Waals surface area contributed by atoms with E-state index >= 15 is 0 Å². The van der Waals surface area contributed by atoms with Gasteiger partial charge in [0.2, 0.25) is 5.82 Å². The second kappa shape index (κ2) is 11.6. The predicted octanol–water partition coefficient (Wildman–Crippen LogP) is 4.92. The minimum atomic E-state index is -0.109. The summed E-state index contributed by atoms with van der Waals surface area (Å²) < 4.78 is 7.26. The summed E-state index contributed by atoms with van der Waals surface area (Å²) in [7, 11) is 0. The van der Waals surface area contributed by atoms with Crippen LogP contribution in [0.1, 0.15) is 41.6 Å². The fourth-order valence-electron chi connectivity index (χ4n) is 4.92. The lowest BCUT2D eigenvalue weighted by atomic mass is 9.93. The highest BCUT2D eigenvalue weighted by Crippen LogP contribution is 2.34. The number of benzene rings is 3. The van der Waals surface area contributed by atoms with Crippen LogP contribution in [0.4, 0.5) is 0 Å². The van der Waals surface area contributed by atoms with Crippen molar-refractivity contribution < 1.29 is 9.53 Å². The highest BCUT2D eigenvalue weighted by Gasteiger charge is 2.24. The number of aryl methyl sites for hydroxylation is 1. The van der Waals surface area contributed by atoms with E-state index in [1.807, 2.05) is 28.8 Å². The molecule has 5 aromatic rings. The first kappa shape index (κ1) is 25.6. The number of rotatable bonds is 10. The molecule has 3 aromatic carbocycles. The number of aromatic nitrogens is 6. The third-order valence-electron chi connectivity index (χ3n) is 7.22. The van der Waals surface area contributed by atoms with Gasteiger partial charge in [0.25, 0.3) is 5.91 Å². The summed E-state index contributed by atoms with van der Waals surface area (Å²) in [5, 5.41) is 17.8. The minimum absolute atomic E-state index is 0.0641. The van der Waals surface area contributed by atoms with Gasteiger partial charge in [-0.15, -0.1) is 10.2 Å². The Morgan fingerprint density at radius 3 is 2.50 bits per heavy atom. The van der Waals surface area contributed by atoms with Gasteiger partial charge < -0.3 is 14.6 Å². The second-order valence-electron chi connectivity index (χ2n) is 10.0. The number of hydrogen-bond acceptors (Lipinski definition) is 6. The number of ether oxygens (including phenoxy) is 1. The van der Waals surface area contributed by atoms with Crippen molar-refractivity contribution in [3.05, 3.63) is 96.1 Å². The number of tetrazole rings is 1. The van der Waals surface area contributed by atoms with E-state index in [-0.39, 0.29) is 11.9 Å². The van der Waals surface area contributed by atoms with Crippen LogP contribution >= 0.6 is 0 Å². The summed E-state index contributed by atoms with van der Waals surface area (Å²) in [4.78, 5) is 17.7. The topological polar surface area (TPSA) is 111 Å². The molecule has 2 N–H and O–H groups in total. The van der Waals surface area contributed by atoms with Crippen LogP contribution in [-0.2, 0) is 17.7 Å². The van der Waals surface area contributed by atoms with Crippen LogP contribution in [-0.4, -0.2) is 55.3 Å². The number of amides is 1. The first-order chi connectivity index (χ1) is 19.7. The lowest BCUT2D eigenvalue weighted by molar-refractivity contribution is -0.00361. The van der Waals surface area contributed by atoms with Crippen LogP contribution in [0.25, 0.3) is 33.6 Å². The first-order valence-electron chi connectivity index (χ1n) is 13.6. The van der Waals surface area contributed by atoms with E-state index in [1.165, 1.54) is 0 Å². The fourth-order valence-corrected chi connectivity index (χ4v) is 4.92. The van der Waals surface area contributed by atoms with Crippen molar-refractivity contribution in [2.45, 2.75) is 38.8 Å². The molecule has 9 nitrogen and oxygen atoms in total. The number of imidazole rings is 1. The number of nitrogens with zero attached hydrogens (tertiary/aromatic N) is 5. The Morgan fingerprint density at radius 2 is 1.80 bits per heavy atom. The number of hydrogen-bond donors (Lipinski definition) is 2. The maximum absolute atomic E-state index is 13.0. The monoisotopic (exact) mass is 533 g/mol. The Hall–Kier alpha value is -4.63. The fraction of sp³-hybridized carbons (Fsp3) is 0.258. The van der Waals surface area contributed by atoms with E-state index in [4.69, 9.17) is 4.74 Å². The van der Waals surface area contributed by atoms with Gasteiger partial charge in [-0.3, -0.25) is 4.79 Å². The Labute approximate surface area is 232 Å². The van der Waals surface area contributed by atoms with Crippen molar-refractivity contribution in [3.63, 3.8) is 0 Å². The zero-order chi connectivity index (χ0) is 27.3. The lowest BCUT2D eigenvalue weighted by Gasteiger charge is -2.27. The summed E-state index contributed by atoms with van der Waals surface area (Å²) in [5.41, 5.74) is 6.87. The number of H-pyrrole nitrogens is 1. The standard InChI is InChI=1S/C31H31N7O2/c1-2-3-9-29-32-17-28(31(39)33-25-19-40-20-25)38(29)18-21-10-12-23(13-11-21)27-16-24(22-7-5-4-6-8-22)14-15-26(27)30-34-36-37-35-30/h4-8,10-17,25H,2-3,9,18-20H2,1H3,(H,33,39)(H,34,35,36,37). The molecule has 0 aliphatic carbocycles. The van der Waals surface area contributed by atoms with E-state index in [1.54, 1.807) is 6.20 Å². The molecule has 1 amide bonds. The molecule has 0 spiro atoms. The molecule has 2 aromatic heterocycles. The zero-order valence-electron chi connectivity index (χ0n) is 22.4. The summed E-state index contributed by atoms with van der Waals surface area (Å²) >= 11 is 0. The molecule has 0 bridgehead atoms. The Balaban J connectivity index is 1.31.